The molecule has 3 heterocycles. The highest BCUT2D eigenvalue weighted by Crippen LogP contribution is 2.45. The minimum Gasteiger partial charge on any atom is -0.495 e. The lowest BCUT2D eigenvalue weighted by Gasteiger charge is -2.29. The van der Waals surface area contributed by atoms with E-state index in [-0.39, 0.29) is 23.8 Å². The van der Waals surface area contributed by atoms with Gasteiger partial charge in [-0.05, 0) is 86.2 Å². The Bertz CT molecular complexity index is 1520. The summed E-state index contributed by atoms with van der Waals surface area (Å²) in [5.41, 5.74) is 5.87. The van der Waals surface area contributed by atoms with E-state index in [0.29, 0.717) is 16.5 Å². The lowest BCUT2D eigenvalue weighted by Crippen LogP contribution is -2.29. The van der Waals surface area contributed by atoms with Gasteiger partial charge in [-0.15, -0.1) is 0 Å². The number of ether oxygens (including phenoxy) is 1. The summed E-state index contributed by atoms with van der Waals surface area (Å²) >= 11 is 5.87. The second-order valence-electron chi connectivity index (χ2n) is 9.20. The Morgan fingerprint density at radius 2 is 1.89 bits per heavy atom. The molecule has 0 saturated carbocycles. The van der Waals surface area contributed by atoms with Crippen LogP contribution in [0.25, 0.3) is 5.69 Å². The molecular formula is C29H28FN5O2S. The van der Waals surface area contributed by atoms with E-state index in [4.69, 9.17) is 17.0 Å². The van der Waals surface area contributed by atoms with Gasteiger partial charge in [0.25, 0.3) is 0 Å². The monoisotopic (exact) mass is 529 g/mol. The number of anilines is 2. The molecule has 5 rings (SSSR count). The molecular weight excluding hydrogens is 501 g/mol. The van der Waals surface area contributed by atoms with Gasteiger partial charge < -0.3 is 24.8 Å². The number of methoxy groups -OCH3 is 1. The van der Waals surface area contributed by atoms with Crippen LogP contribution in [0.5, 0.6) is 5.75 Å². The first-order valence-corrected chi connectivity index (χ1v) is 12.6. The van der Waals surface area contributed by atoms with Crippen molar-refractivity contribution < 1.29 is 13.9 Å². The average Bonchev–Trinajstić information content (AvgIpc) is 3.39. The van der Waals surface area contributed by atoms with E-state index in [1.165, 1.54) is 19.1 Å². The molecule has 0 aliphatic carbocycles. The van der Waals surface area contributed by atoms with Gasteiger partial charge >= 0.3 is 0 Å². The van der Waals surface area contributed by atoms with Gasteiger partial charge in [-0.3, -0.25) is 9.78 Å². The second kappa shape index (κ2) is 10.3. The van der Waals surface area contributed by atoms with Crippen molar-refractivity contribution in [2.24, 2.45) is 0 Å². The van der Waals surface area contributed by atoms with E-state index in [2.05, 4.69) is 21.7 Å². The minimum atomic E-state index is -0.294. The number of hydrogen-bond donors (Lipinski definition) is 2. The molecule has 0 bridgehead atoms. The van der Waals surface area contributed by atoms with Gasteiger partial charge in [-0.1, -0.05) is 12.1 Å². The number of aryl methyl sites for hydroxylation is 1. The van der Waals surface area contributed by atoms with Crippen molar-refractivity contribution in [1.82, 2.24) is 14.9 Å². The molecule has 2 aromatic heterocycles. The fraction of sp³-hybridized carbons (Fsp3) is 0.207. The number of halogens is 1. The van der Waals surface area contributed by atoms with Crippen LogP contribution in [0.1, 0.15) is 41.7 Å². The van der Waals surface area contributed by atoms with Crippen molar-refractivity contribution in [1.29, 1.82) is 0 Å². The van der Waals surface area contributed by atoms with Gasteiger partial charge in [-0.2, -0.15) is 0 Å². The molecule has 1 fully saturated rings. The second-order valence-corrected chi connectivity index (χ2v) is 9.59. The van der Waals surface area contributed by atoms with E-state index < -0.39 is 0 Å². The molecule has 2 N–H and O–H groups in total. The Labute approximate surface area is 226 Å². The number of rotatable bonds is 6. The van der Waals surface area contributed by atoms with Gasteiger partial charge in [0.15, 0.2) is 5.11 Å². The van der Waals surface area contributed by atoms with E-state index in [1.54, 1.807) is 19.4 Å². The number of benzene rings is 2. The fourth-order valence-electron chi connectivity index (χ4n) is 5.18. The largest absolute Gasteiger partial charge is 0.495 e. The van der Waals surface area contributed by atoms with E-state index in [0.717, 1.165) is 34.0 Å². The summed E-state index contributed by atoms with van der Waals surface area (Å²) in [7, 11) is 1.56. The molecule has 4 aromatic rings. The smallest absolute Gasteiger partial charge is 0.221 e. The average molecular weight is 530 g/mol. The van der Waals surface area contributed by atoms with Crippen LogP contribution in [0.3, 0.4) is 0 Å². The van der Waals surface area contributed by atoms with Crippen LogP contribution in [0, 0.1) is 19.7 Å². The molecule has 0 radical (unpaired) electrons. The van der Waals surface area contributed by atoms with Crippen LogP contribution in [0.4, 0.5) is 15.8 Å². The molecule has 7 nitrogen and oxygen atoms in total. The minimum absolute atomic E-state index is 0.205. The van der Waals surface area contributed by atoms with Crippen molar-refractivity contribution in [3.63, 3.8) is 0 Å². The van der Waals surface area contributed by atoms with Crippen LogP contribution in [0.15, 0.2) is 72.9 Å². The molecule has 0 unspecified atom stereocenters. The highest BCUT2D eigenvalue weighted by molar-refractivity contribution is 7.80. The Morgan fingerprint density at radius 1 is 1.08 bits per heavy atom. The zero-order valence-corrected chi connectivity index (χ0v) is 22.3. The van der Waals surface area contributed by atoms with Crippen molar-refractivity contribution in [3.05, 3.63) is 101 Å². The van der Waals surface area contributed by atoms with Crippen molar-refractivity contribution >= 4 is 34.6 Å². The van der Waals surface area contributed by atoms with Gasteiger partial charge in [0.1, 0.15) is 11.6 Å². The van der Waals surface area contributed by atoms with Crippen molar-refractivity contribution in [2.45, 2.75) is 32.9 Å². The third-order valence-corrected chi connectivity index (χ3v) is 7.04. The topological polar surface area (TPSA) is 71.4 Å². The van der Waals surface area contributed by atoms with Gasteiger partial charge in [-0.25, -0.2) is 4.39 Å². The summed E-state index contributed by atoms with van der Waals surface area (Å²) in [5.74, 6) is 0.0465. The van der Waals surface area contributed by atoms with Crippen LogP contribution in [-0.2, 0) is 4.79 Å². The van der Waals surface area contributed by atoms with Crippen LogP contribution in [0.2, 0.25) is 0 Å². The molecule has 1 aliphatic rings. The molecule has 2 atom stereocenters. The Balaban J connectivity index is 1.68. The predicted octanol–water partition coefficient (Wildman–Crippen LogP) is 5.77. The maximum atomic E-state index is 14.1. The zero-order chi connectivity index (χ0) is 27.0. The first-order valence-electron chi connectivity index (χ1n) is 12.2. The zero-order valence-electron chi connectivity index (χ0n) is 21.5. The molecule has 1 aliphatic heterocycles. The summed E-state index contributed by atoms with van der Waals surface area (Å²) in [5, 5.41) is 6.84. The van der Waals surface area contributed by atoms with E-state index in [1.807, 2.05) is 65.8 Å². The molecule has 2 aromatic carbocycles. The quantitative estimate of drug-likeness (QED) is 0.309. The maximum absolute atomic E-state index is 14.1. The number of aromatic nitrogens is 2. The Hall–Kier alpha value is -4.24. The van der Waals surface area contributed by atoms with Gasteiger partial charge in [0.05, 0.1) is 30.6 Å². The predicted molar refractivity (Wildman–Crippen MR) is 150 cm³/mol. The number of nitrogens with one attached hydrogen (secondary N) is 2. The number of thiocarbonyl (C=S) groups is 1. The van der Waals surface area contributed by atoms with E-state index in [9.17, 15) is 9.18 Å². The third-order valence-electron chi connectivity index (χ3n) is 6.73. The number of carbonyl (C=O) groups excluding carboxylic acids is 1. The van der Waals surface area contributed by atoms with Crippen LogP contribution in [-0.4, -0.2) is 27.7 Å². The van der Waals surface area contributed by atoms with Gasteiger partial charge in [0.2, 0.25) is 5.91 Å². The molecule has 1 saturated heterocycles. The molecule has 38 heavy (non-hydrogen) atoms. The first kappa shape index (κ1) is 25.4. The summed E-state index contributed by atoms with van der Waals surface area (Å²) in [6.45, 7) is 5.48. The third kappa shape index (κ3) is 4.61. The lowest BCUT2D eigenvalue weighted by molar-refractivity contribution is -0.114. The highest BCUT2D eigenvalue weighted by atomic mass is 32.1. The van der Waals surface area contributed by atoms with Gasteiger partial charge in [0, 0.05) is 35.9 Å². The number of nitrogens with zero attached hydrogens (tertiary/aromatic N) is 3. The first-order chi connectivity index (χ1) is 18.3. The number of pyridine rings is 1. The standard InChI is InChI=1S/C29H28FN5O2S/c1-17-14-23(18(2)34(17)21-9-7-8-20(30)15-21)28-27(24-10-5-6-13-31-24)33-29(38)35(28)22-11-12-26(37-4)25(16-22)32-19(3)36/h5-16,27-28H,1-4H3,(H,32,36)(H,33,38)/t27-,28-/m1/s1. The fourth-order valence-corrected chi connectivity index (χ4v) is 5.53. The summed E-state index contributed by atoms with van der Waals surface area (Å²) in [6.07, 6.45) is 1.76. The van der Waals surface area contributed by atoms with E-state index >= 15 is 0 Å². The molecule has 9 heteroatoms. The summed E-state index contributed by atoms with van der Waals surface area (Å²) in [4.78, 5) is 18.6. The Morgan fingerprint density at radius 3 is 2.58 bits per heavy atom. The van der Waals surface area contributed by atoms with Crippen LogP contribution >= 0.6 is 12.2 Å². The van der Waals surface area contributed by atoms with Crippen LogP contribution < -0.4 is 20.3 Å². The lowest BCUT2D eigenvalue weighted by atomic mass is 9.96. The van der Waals surface area contributed by atoms with Crippen molar-refractivity contribution in [2.75, 3.05) is 17.3 Å². The Kier molecular flexibility index (Phi) is 6.86. The molecule has 194 valence electrons. The number of hydrogen-bond acceptors (Lipinski definition) is 4. The maximum Gasteiger partial charge on any atom is 0.221 e. The SMILES string of the molecule is COc1ccc(N2C(=S)N[C@H](c3ccccn3)[C@H]2c2cc(C)n(-c3cccc(F)c3)c2C)cc1NC(C)=O. The summed E-state index contributed by atoms with van der Waals surface area (Å²) < 4.78 is 21.6. The number of carbonyl (C=O) groups is 1. The molecule has 0 spiro atoms. The highest BCUT2D eigenvalue weighted by Gasteiger charge is 2.42. The molecule has 1 amide bonds. The normalized spacial score (nSPS) is 16.9. The van der Waals surface area contributed by atoms with Crippen molar-refractivity contribution in [3.8, 4) is 11.4 Å². The summed E-state index contributed by atoms with van der Waals surface area (Å²) in [6, 6.07) is 19.5. The number of amides is 1.